The van der Waals surface area contributed by atoms with Crippen LogP contribution in [0.4, 0.5) is 5.82 Å². The lowest BCUT2D eigenvalue weighted by atomic mass is 9.87. The van der Waals surface area contributed by atoms with Gasteiger partial charge < -0.3 is 15.2 Å². The maximum absolute atomic E-state index is 4.49. The summed E-state index contributed by atoms with van der Waals surface area (Å²) in [5.74, 6) is 1.09. The number of anilines is 1. The molecule has 0 saturated carbocycles. The van der Waals surface area contributed by atoms with Gasteiger partial charge in [-0.25, -0.2) is 9.97 Å². The van der Waals surface area contributed by atoms with Crippen molar-refractivity contribution in [2.24, 2.45) is 5.41 Å². The van der Waals surface area contributed by atoms with E-state index in [1.54, 1.807) is 6.33 Å². The molecule has 0 radical (unpaired) electrons. The number of halogens is 2. The molecule has 2 saturated heterocycles. The van der Waals surface area contributed by atoms with Gasteiger partial charge in [-0.2, -0.15) is 0 Å². The summed E-state index contributed by atoms with van der Waals surface area (Å²) in [7, 11) is 0. The van der Waals surface area contributed by atoms with E-state index in [2.05, 4.69) is 31.2 Å². The van der Waals surface area contributed by atoms with E-state index >= 15 is 0 Å². The number of aromatic nitrogens is 3. The maximum atomic E-state index is 4.49. The highest BCUT2D eigenvalue weighted by Gasteiger charge is 2.41. The van der Waals surface area contributed by atoms with Gasteiger partial charge in [0.1, 0.15) is 17.8 Å². The molecular formula is C13H19Cl2N5. The van der Waals surface area contributed by atoms with Crippen molar-refractivity contribution in [3.8, 4) is 0 Å². The van der Waals surface area contributed by atoms with Crippen molar-refractivity contribution in [2.75, 3.05) is 31.1 Å². The predicted molar refractivity (Wildman–Crippen MR) is 85.1 cm³/mol. The monoisotopic (exact) mass is 315 g/mol. The van der Waals surface area contributed by atoms with Crippen LogP contribution < -0.4 is 10.2 Å². The van der Waals surface area contributed by atoms with Gasteiger partial charge in [-0.15, -0.1) is 24.8 Å². The Bertz CT molecular complexity index is 579. The van der Waals surface area contributed by atoms with Crippen LogP contribution in [0.3, 0.4) is 0 Å². The van der Waals surface area contributed by atoms with Crippen LogP contribution in [0.15, 0.2) is 18.6 Å². The highest BCUT2D eigenvalue weighted by molar-refractivity contribution is 5.87. The highest BCUT2D eigenvalue weighted by Crippen LogP contribution is 2.38. The summed E-state index contributed by atoms with van der Waals surface area (Å²) < 4.78 is 0. The van der Waals surface area contributed by atoms with Crippen molar-refractivity contribution in [1.29, 1.82) is 0 Å². The first-order chi connectivity index (χ1) is 8.86. The first-order valence-electron chi connectivity index (χ1n) is 6.60. The Kier molecular flexibility index (Phi) is 4.42. The van der Waals surface area contributed by atoms with Crippen LogP contribution in [0, 0.1) is 5.41 Å². The van der Waals surface area contributed by atoms with Crippen LogP contribution in [-0.2, 0) is 0 Å². The van der Waals surface area contributed by atoms with Gasteiger partial charge in [-0.1, -0.05) is 0 Å². The van der Waals surface area contributed by atoms with Crippen LogP contribution in [0.5, 0.6) is 0 Å². The number of aromatic amines is 1. The molecule has 4 heterocycles. The molecule has 0 aliphatic carbocycles. The normalized spacial score (nSPS) is 24.9. The number of H-pyrrole nitrogens is 1. The van der Waals surface area contributed by atoms with Crippen LogP contribution in [0.25, 0.3) is 11.0 Å². The third-order valence-electron chi connectivity index (χ3n) is 4.40. The first kappa shape index (κ1) is 15.4. The molecule has 1 atom stereocenters. The second kappa shape index (κ2) is 5.76. The molecule has 5 nitrogen and oxygen atoms in total. The Balaban J connectivity index is 0.000000735. The number of rotatable bonds is 1. The molecule has 2 fully saturated rings. The lowest BCUT2D eigenvalue weighted by Gasteiger charge is -2.23. The Morgan fingerprint density at radius 3 is 2.90 bits per heavy atom. The van der Waals surface area contributed by atoms with Crippen LogP contribution in [0.1, 0.15) is 12.8 Å². The molecular weight excluding hydrogens is 297 g/mol. The average molecular weight is 316 g/mol. The summed E-state index contributed by atoms with van der Waals surface area (Å²) in [5.41, 5.74) is 1.42. The third-order valence-corrected chi connectivity index (χ3v) is 4.40. The molecule has 2 aromatic rings. The van der Waals surface area contributed by atoms with Crippen molar-refractivity contribution < 1.29 is 0 Å². The fourth-order valence-corrected chi connectivity index (χ4v) is 3.37. The Labute approximate surface area is 130 Å². The summed E-state index contributed by atoms with van der Waals surface area (Å²) in [4.78, 5) is 14.3. The van der Waals surface area contributed by atoms with Gasteiger partial charge >= 0.3 is 0 Å². The van der Waals surface area contributed by atoms with Gasteiger partial charge in [0.25, 0.3) is 0 Å². The SMILES string of the molecule is Cl.Cl.c1nc(N2CCC3(CCNC3)C2)c2cc[nH]c2n1. The van der Waals surface area contributed by atoms with Crippen molar-refractivity contribution >= 4 is 41.7 Å². The lowest BCUT2D eigenvalue weighted by Crippen LogP contribution is -2.29. The summed E-state index contributed by atoms with van der Waals surface area (Å²) in [6, 6.07) is 2.07. The fraction of sp³-hybridized carbons (Fsp3) is 0.538. The van der Waals surface area contributed by atoms with Gasteiger partial charge in [0.2, 0.25) is 0 Å². The van der Waals surface area contributed by atoms with Gasteiger partial charge in [0.15, 0.2) is 0 Å². The lowest BCUT2D eigenvalue weighted by molar-refractivity contribution is 0.369. The van der Waals surface area contributed by atoms with E-state index < -0.39 is 0 Å². The second-order valence-electron chi connectivity index (χ2n) is 5.54. The largest absolute Gasteiger partial charge is 0.355 e. The predicted octanol–water partition coefficient (Wildman–Crippen LogP) is 1.99. The molecule has 2 aliphatic rings. The minimum atomic E-state index is 0. The summed E-state index contributed by atoms with van der Waals surface area (Å²) in [5, 5.41) is 4.63. The smallest absolute Gasteiger partial charge is 0.142 e. The van der Waals surface area contributed by atoms with Crippen LogP contribution in [0.2, 0.25) is 0 Å². The zero-order valence-electron chi connectivity index (χ0n) is 11.1. The molecule has 4 rings (SSSR count). The van der Waals surface area contributed by atoms with Crippen molar-refractivity contribution in [3.63, 3.8) is 0 Å². The standard InChI is InChI=1S/C13H17N5.2ClH/c1-4-15-11-10(1)12(17-9-16-11)18-6-3-13(8-18)2-5-14-7-13;;/h1,4,9,14H,2-3,5-8H2,(H,15,16,17);2*1H. The minimum Gasteiger partial charge on any atom is -0.355 e. The number of nitrogens with one attached hydrogen (secondary N) is 2. The zero-order chi connectivity index (χ0) is 12.0. The number of hydrogen-bond acceptors (Lipinski definition) is 4. The highest BCUT2D eigenvalue weighted by atomic mass is 35.5. The zero-order valence-corrected chi connectivity index (χ0v) is 12.8. The molecule has 0 amide bonds. The molecule has 110 valence electrons. The van der Waals surface area contributed by atoms with E-state index in [4.69, 9.17) is 0 Å². The van der Waals surface area contributed by atoms with Crippen molar-refractivity contribution in [1.82, 2.24) is 20.3 Å². The van der Waals surface area contributed by atoms with E-state index in [-0.39, 0.29) is 24.8 Å². The van der Waals surface area contributed by atoms with E-state index in [0.29, 0.717) is 5.41 Å². The topological polar surface area (TPSA) is 56.8 Å². The van der Waals surface area contributed by atoms with E-state index in [0.717, 1.165) is 43.0 Å². The number of nitrogens with zero attached hydrogens (tertiary/aromatic N) is 3. The first-order valence-corrected chi connectivity index (χ1v) is 6.60. The van der Waals surface area contributed by atoms with Gasteiger partial charge in [0, 0.05) is 31.2 Å². The van der Waals surface area contributed by atoms with E-state index in [1.807, 2.05) is 6.20 Å². The maximum Gasteiger partial charge on any atom is 0.142 e. The summed E-state index contributed by atoms with van der Waals surface area (Å²) in [6.07, 6.45) is 6.17. The summed E-state index contributed by atoms with van der Waals surface area (Å²) >= 11 is 0. The molecule has 0 bridgehead atoms. The Hall–Kier alpha value is -1.04. The van der Waals surface area contributed by atoms with Crippen molar-refractivity contribution in [3.05, 3.63) is 18.6 Å². The number of hydrogen-bond donors (Lipinski definition) is 2. The molecule has 7 heteroatoms. The average Bonchev–Trinajstić information content (AvgIpc) is 3.11. The molecule has 2 aromatic heterocycles. The molecule has 20 heavy (non-hydrogen) atoms. The Morgan fingerprint density at radius 1 is 1.20 bits per heavy atom. The second-order valence-corrected chi connectivity index (χ2v) is 5.54. The van der Waals surface area contributed by atoms with Crippen LogP contribution >= 0.6 is 24.8 Å². The Morgan fingerprint density at radius 2 is 2.10 bits per heavy atom. The van der Waals surface area contributed by atoms with Gasteiger partial charge in [-0.3, -0.25) is 0 Å². The molecule has 2 aliphatic heterocycles. The van der Waals surface area contributed by atoms with Gasteiger partial charge in [-0.05, 0) is 25.5 Å². The number of fused-ring (bicyclic) bond motifs is 1. The molecule has 1 spiro atoms. The van der Waals surface area contributed by atoms with E-state index in [1.165, 1.54) is 12.8 Å². The third kappa shape index (κ3) is 2.34. The molecule has 0 aromatic carbocycles. The molecule has 1 unspecified atom stereocenters. The molecule has 2 N–H and O–H groups in total. The fourth-order valence-electron chi connectivity index (χ4n) is 3.37. The summed E-state index contributed by atoms with van der Waals surface area (Å²) in [6.45, 7) is 4.55. The van der Waals surface area contributed by atoms with Gasteiger partial charge in [0.05, 0.1) is 5.39 Å². The quantitative estimate of drug-likeness (QED) is 0.845. The van der Waals surface area contributed by atoms with Crippen LogP contribution in [-0.4, -0.2) is 41.1 Å². The van der Waals surface area contributed by atoms with Crippen molar-refractivity contribution in [2.45, 2.75) is 12.8 Å². The minimum absolute atomic E-state index is 0. The van der Waals surface area contributed by atoms with E-state index in [9.17, 15) is 0 Å².